The predicted octanol–water partition coefficient (Wildman–Crippen LogP) is 2.42. The van der Waals surface area contributed by atoms with Crippen molar-refractivity contribution in [1.29, 1.82) is 0 Å². The van der Waals surface area contributed by atoms with Crippen LogP contribution in [-0.4, -0.2) is 52.3 Å². The van der Waals surface area contributed by atoms with Crippen LogP contribution in [0, 0.1) is 0 Å². The topological polar surface area (TPSA) is 43.2 Å². The van der Waals surface area contributed by atoms with Crippen LogP contribution in [0.5, 0.6) is 0 Å². The van der Waals surface area contributed by atoms with Gasteiger partial charge >= 0.3 is 0 Å². The number of aromatic nitrogens is 3. The zero-order valence-corrected chi connectivity index (χ0v) is 13.2. The number of fused-ring (bicyclic) bond motifs is 1. The minimum Gasteiger partial charge on any atom is -0.376 e. The summed E-state index contributed by atoms with van der Waals surface area (Å²) in [6, 6.07) is 4.05. The lowest BCUT2D eigenvalue weighted by Gasteiger charge is -2.29. The molecule has 0 spiro atoms. The number of likely N-dealkylation sites (tertiary alicyclic amines) is 1. The second kappa shape index (κ2) is 5.97. The van der Waals surface area contributed by atoms with Crippen LogP contribution < -0.4 is 0 Å². The molecule has 2 saturated heterocycles. The minimum atomic E-state index is 0.324. The molecule has 0 saturated carbocycles. The highest BCUT2D eigenvalue weighted by molar-refractivity contribution is 5.71. The van der Waals surface area contributed by atoms with Gasteiger partial charge in [-0.2, -0.15) is 0 Å². The lowest BCUT2D eigenvalue weighted by molar-refractivity contribution is 0.0963. The van der Waals surface area contributed by atoms with Gasteiger partial charge in [-0.3, -0.25) is 0 Å². The SMILES string of the molecule is CN1CCC(c2nc3cccnc3n2CC2CCCO2)CC1. The van der Waals surface area contributed by atoms with Crippen molar-refractivity contribution in [2.24, 2.45) is 0 Å². The van der Waals surface area contributed by atoms with Crippen molar-refractivity contribution in [3.05, 3.63) is 24.2 Å². The molecule has 118 valence electrons. The first-order valence-electron chi connectivity index (χ1n) is 8.42. The molecule has 2 aromatic heterocycles. The van der Waals surface area contributed by atoms with Crippen LogP contribution in [0.1, 0.15) is 37.4 Å². The number of piperidine rings is 1. The van der Waals surface area contributed by atoms with Crippen molar-refractivity contribution in [1.82, 2.24) is 19.4 Å². The summed E-state index contributed by atoms with van der Waals surface area (Å²) in [6.07, 6.45) is 6.89. The molecule has 2 fully saturated rings. The van der Waals surface area contributed by atoms with Gasteiger partial charge in [0.1, 0.15) is 11.3 Å². The summed E-state index contributed by atoms with van der Waals surface area (Å²) < 4.78 is 8.18. The Morgan fingerprint density at radius 3 is 2.91 bits per heavy atom. The van der Waals surface area contributed by atoms with Crippen LogP contribution in [0.4, 0.5) is 0 Å². The van der Waals surface area contributed by atoms with Gasteiger partial charge in [-0.05, 0) is 58.0 Å². The van der Waals surface area contributed by atoms with Crippen molar-refractivity contribution in [2.45, 2.75) is 44.2 Å². The highest BCUT2D eigenvalue weighted by Crippen LogP contribution is 2.30. The number of nitrogens with zero attached hydrogens (tertiary/aromatic N) is 4. The van der Waals surface area contributed by atoms with Crippen LogP contribution >= 0.6 is 0 Å². The smallest absolute Gasteiger partial charge is 0.160 e. The Morgan fingerprint density at radius 2 is 2.14 bits per heavy atom. The molecule has 2 aliphatic rings. The van der Waals surface area contributed by atoms with Crippen LogP contribution in [0.2, 0.25) is 0 Å². The maximum absolute atomic E-state index is 5.85. The molecule has 0 amide bonds. The molecular formula is C17H24N4O. The van der Waals surface area contributed by atoms with Crippen molar-refractivity contribution in [3.8, 4) is 0 Å². The summed E-state index contributed by atoms with van der Waals surface area (Å²) in [4.78, 5) is 11.9. The van der Waals surface area contributed by atoms with Gasteiger partial charge in [0, 0.05) is 18.7 Å². The molecule has 5 heteroatoms. The molecule has 0 radical (unpaired) electrons. The highest BCUT2D eigenvalue weighted by Gasteiger charge is 2.26. The molecule has 0 bridgehead atoms. The van der Waals surface area contributed by atoms with Gasteiger partial charge in [0.25, 0.3) is 0 Å². The van der Waals surface area contributed by atoms with E-state index in [-0.39, 0.29) is 0 Å². The van der Waals surface area contributed by atoms with Crippen LogP contribution in [0.3, 0.4) is 0 Å². The third kappa shape index (κ3) is 2.63. The summed E-state index contributed by atoms with van der Waals surface area (Å²) in [6.45, 7) is 4.10. The Hall–Kier alpha value is -1.46. The minimum absolute atomic E-state index is 0.324. The van der Waals surface area contributed by atoms with Gasteiger partial charge < -0.3 is 14.2 Å². The van der Waals surface area contributed by atoms with E-state index < -0.39 is 0 Å². The van der Waals surface area contributed by atoms with Crippen LogP contribution in [-0.2, 0) is 11.3 Å². The largest absolute Gasteiger partial charge is 0.376 e. The fourth-order valence-electron chi connectivity index (χ4n) is 3.73. The molecule has 1 unspecified atom stereocenters. The van der Waals surface area contributed by atoms with Gasteiger partial charge in [-0.1, -0.05) is 0 Å². The fraction of sp³-hybridized carbons (Fsp3) is 0.647. The third-order valence-corrected chi connectivity index (χ3v) is 5.03. The first kappa shape index (κ1) is 14.2. The monoisotopic (exact) mass is 300 g/mol. The number of rotatable bonds is 3. The Kier molecular flexibility index (Phi) is 3.84. The zero-order valence-electron chi connectivity index (χ0n) is 13.2. The first-order chi connectivity index (χ1) is 10.8. The van der Waals surface area contributed by atoms with E-state index in [0.717, 1.165) is 43.8 Å². The standard InChI is InChI=1S/C17H24N4O/c1-20-9-6-13(7-10-20)16-19-15-5-2-8-18-17(15)21(16)12-14-4-3-11-22-14/h2,5,8,13-14H,3-4,6-7,9-12H2,1H3. The fourth-order valence-corrected chi connectivity index (χ4v) is 3.73. The molecule has 0 N–H and O–H groups in total. The summed E-state index contributed by atoms with van der Waals surface area (Å²) in [5.74, 6) is 1.77. The summed E-state index contributed by atoms with van der Waals surface area (Å²) in [5.41, 5.74) is 2.04. The number of pyridine rings is 1. The van der Waals surface area contributed by atoms with Crippen LogP contribution in [0.25, 0.3) is 11.2 Å². The second-order valence-corrected chi connectivity index (χ2v) is 6.64. The van der Waals surface area contributed by atoms with Crippen molar-refractivity contribution < 1.29 is 4.74 Å². The summed E-state index contributed by atoms with van der Waals surface area (Å²) >= 11 is 0. The average molecular weight is 300 g/mol. The number of hydrogen-bond acceptors (Lipinski definition) is 4. The van der Waals surface area contributed by atoms with Gasteiger partial charge in [0.05, 0.1) is 12.6 Å². The van der Waals surface area contributed by atoms with Gasteiger partial charge in [-0.25, -0.2) is 9.97 Å². The van der Waals surface area contributed by atoms with Crippen LogP contribution in [0.15, 0.2) is 18.3 Å². The van der Waals surface area contributed by atoms with E-state index in [1.807, 2.05) is 12.3 Å². The van der Waals surface area contributed by atoms with E-state index in [2.05, 4.69) is 27.6 Å². The Bertz CT molecular complexity index is 639. The molecule has 2 aliphatic heterocycles. The molecule has 0 aliphatic carbocycles. The second-order valence-electron chi connectivity index (χ2n) is 6.64. The molecule has 4 rings (SSSR count). The molecule has 1 atom stereocenters. The quantitative estimate of drug-likeness (QED) is 0.873. The number of imidazole rings is 1. The number of hydrogen-bond donors (Lipinski definition) is 0. The Labute approximate surface area is 131 Å². The van der Waals surface area contributed by atoms with Crippen molar-refractivity contribution in [3.63, 3.8) is 0 Å². The van der Waals surface area contributed by atoms with E-state index in [4.69, 9.17) is 9.72 Å². The third-order valence-electron chi connectivity index (χ3n) is 5.03. The predicted molar refractivity (Wildman–Crippen MR) is 86.0 cm³/mol. The number of ether oxygens (including phenoxy) is 1. The van der Waals surface area contributed by atoms with Crippen molar-refractivity contribution >= 4 is 11.2 Å². The molecular weight excluding hydrogens is 276 g/mol. The molecule has 4 heterocycles. The Morgan fingerprint density at radius 1 is 1.27 bits per heavy atom. The van der Waals surface area contributed by atoms with Crippen molar-refractivity contribution in [2.75, 3.05) is 26.7 Å². The van der Waals surface area contributed by atoms with E-state index in [9.17, 15) is 0 Å². The lowest BCUT2D eigenvalue weighted by Crippen LogP contribution is -2.31. The first-order valence-corrected chi connectivity index (χ1v) is 8.42. The van der Waals surface area contributed by atoms with Gasteiger partial charge in [0.2, 0.25) is 0 Å². The normalized spacial score (nSPS) is 24.3. The molecule has 0 aromatic carbocycles. The Balaban J connectivity index is 1.69. The summed E-state index contributed by atoms with van der Waals surface area (Å²) in [5, 5.41) is 0. The molecule has 2 aromatic rings. The van der Waals surface area contributed by atoms with E-state index in [1.165, 1.54) is 25.1 Å². The maximum atomic E-state index is 5.85. The van der Waals surface area contributed by atoms with Gasteiger partial charge in [0.15, 0.2) is 5.65 Å². The van der Waals surface area contributed by atoms with E-state index in [1.54, 1.807) is 0 Å². The zero-order chi connectivity index (χ0) is 14.9. The van der Waals surface area contributed by atoms with Gasteiger partial charge in [-0.15, -0.1) is 0 Å². The lowest BCUT2D eigenvalue weighted by atomic mass is 9.96. The van der Waals surface area contributed by atoms with E-state index in [0.29, 0.717) is 12.0 Å². The molecule has 5 nitrogen and oxygen atoms in total. The average Bonchev–Trinajstić information content (AvgIpc) is 3.17. The highest BCUT2D eigenvalue weighted by atomic mass is 16.5. The molecule has 22 heavy (non-hydrogen) atoms. The maximum Gasteiger partial charge on any atom is 0.160 e. The summed E-state index contributed by atoms with van der Waals surface area (Å²) in [7, 11) is 2.20. The van der Waals surface area contributed by atoms with E-state index >= 15 is 0 Å².